The van der Waals surface area contributed by atoms with Crippen LogP contribution in [0, 0.1) is 24.0 Å². The first-order chi connectivity index (χ1) is 16.7. The molecule has 0 spiro atoms. The van der Waals surface area contributed by atoms with Crippen LogP contribution in [-0.2, 0) is 0 Å². The third kappa shape index (κ3) is 4.43. The molecule has 0 aliphatic heterocycles. The molecule has 0 saturated carbocycles. The number of aryl methyl sites for hydroxylation is 2. The number of methoxy groups -OCH3 is 2. The molecule has 0 atom stereocenters. The number of non-ortho nitro benzene ring substituents is 1. The fraction of sp³-hybridized carbons (Fsp3) is 0.154. The van der Waals surface area contributed by atoms with Gasteiger partial charge in [0.25, 0.3) is 5.69 Å². The Hall–Kier alpha value is -4.66. The number of fused-ring (bicyclic) bond motifs is 1. The second kappa shape index (κ2) is 9.30. The number of esters is 1. The summed E-state index contributed by atoms with van der Waals surface area (Å²) in [6.45, 7) is 3.34. The second-order valence-corrected chi connectivity index (χ2v) is 7.70. The number of carbonyl (C=O) groups excluding carboxylic acids is 1. The van der Waals surface area contributed by atoms with Gasteiger partial charge >= 0.3 is 5.97 Å². The third-order valence-electron chi connectivity index (χ3n) is 5.56. The zero-order valence-corrected chi connectivity index (χ0v) is 19.4. The molecule has 0 saturated heterocycles. The summed E-state index contributed by atoms with van der Waals surface area (Å²) in [5.41, 5.74) is 0.776. The van der Waals surface area contributed by atoms with Crippen LogP contribution in [0.5, 0.6) is 17.2 Å². The highest BCUT2D eigenvalue weighted by molar-refractivity contribution is 5.97. The maximum absolute atomic E-state index is 13.2. The van der Waals surface area contributed by atoms with E-state index in [1.54, 1.807) is 38.1 Å². The van der Waals surface area contributed by atoms with E-state index in [0.29, 0.717) is 44.9 Å². The molecular weight excluding hydrogens is 454 g/mol. The number of ether oxygens (including phenoxy) is 3. The Kier molecular flexibility index (Phi) is 6.24. The van der Waals surface area contributed by atoms with Crippen molar-refractivity contribution < 1.29 is 28.3 Å². The minimum Gasteiger partial charge on any atom is -0.493 e. The van der Waals surface area contributed by atoms with Gasteiger partial charge in [-0.15, -0.1) is 0 Å². The lowest BCUT2D eigenvalue weighted by Gasteiger charge is -2.10. The normalized spacial score (nSPS) is 10.7. The minimum absolute atomic E-state index is 0.114. The van der Waals surface area contributed by atoms with Crippen molar-refractivity contribution in [2.24, 2.45) is 0 Å². The molecule has 0 radical (unpaired) electrons. The van der Waals surface area contributed by atoms with Crippen LogP contribution in [0.4, 0.5) is 5.69 Å². The van der Waals surface area contributed by atoms with E-state index in [-0.39, 0.29) is 22.4 Å². The van der Waals surface area contributed by atoms with Crippen LogP contribution in [0.1, 0.15) is 21.9 Å². The lowest BCUT2D eigenvalue weighted by molar-refractivity contribution is -0.384. The van der Waals surface area contributed by atoms with Gasteiger partial charge in [0.2, 0.25) is 0 Å². The van der Waals surface area contributed by atoms with Gasteiger partial charge in [0, 0.05) is 12.1 Å². The molecule has 178 valence electrons. The monoisotopic (exact) mass is 475 g/mol. The number of carbonyl (C=O) groups is 1. The SMILES string of the molecule is COc1ccc(-c2cc(OC(=O)c3ccc([N+](=O)[O-])cc3)c3c(C)oc(C)c3c(=O)c2)cc1OC. The van der Waals surface area contributed by atoms with E-state index in [0.717, 1.165) is 0 Å². The van der Waals surface area contributed by atoms with Gasteiger partial charge in [-0.2, -0.15) is 0 Å². The number of benzene rings is 2. The number of hydrogen-bond donors (Lipinski definition) is 0. The summed E-state index contributed by atoms with van der Waals surface area (Å²) in [5, 5.41) is 11.6. The molecule has 0 bridgehead atoms. The smallest absolute Gasteiger partial charge is 0.343 e. The Morgan fingerprint density at radius 2 is 1.46 bits per heavy atom. The summed E-state index contributed by atoms with van der Waals surface area (Å²) < 4.78 is 22.1. The number of hydrogen-bond acceptors (Lipinski definition) is 8. The van der Waals surface area contributed by atoms with Crippen LogP contribution < -0.4 is 19.6 Å². The van der Waals surface area contributed by atoms with E-state index in [4.69, 9.17) is 18.6 Å². The van der Waals surface area contributed by atoms with E-state index in [9.17, 15) is 19.7 Å². The Labute approximate surface area is 199 Å². The Bertz CT molecular complexity index is 1520. The highest BCUT2D eigenvalue weighted by atomic mass is 16.6. The van der Waals surface area contributed by atoms with E-state index in [1.165, 1.54) is 44.6 Å². The van der Waals surface area contributed by atoms with Gasteiger partial charge in [-0.1, -0.05) is 6.07 Å². The van der Waals surface area contributed by atoms with E-state index >= 15 is 0 Å². The first-order valence-electron chi connectivity index (χ1n) is 10.5. The summed E-state index contributed by atoms with van der Waals surface area (Å²) >= 11 is 0. The molecule has 0 unspecified atom stereocenters. The maximum Gasteiger partial charge on any atom is 0.343 e. The summed E-state index contributed by atoms with van der Waals surface area (Å²) in [5.74, 6) is 1.17. The molecular formula is C26H21NO8. The minimum atomic E-state index is -0.739. The molecule has 0 amide bonds. The van der Waals surface area contributed by atoms with Crippen molar-refractivity contribution in [3.63, 3.8) is 0 Å². The quantitative estimate of drug-likeness (QED) is 0.212. The molecule has 3 aromatic carbocycles. The second-order valence-electron chi connectivity index (χ2n) is 7.70. The number of nitrogens with zero attached hydrogens (tertiary/aromatic N) is 1. The molecule has 9 heteroatoms. The van der Waals surface area contributed by atoms with Crippen LogP contribution in [0.2, 0.25) is 0 Å². The van der Waals surface area contributed by atoms with Gasteiger partial charge in [0.1, 0.15) is 17.3 Å². The third-order valence-corrected chi connectivity index (χ3v) is 5.56. The number of nitro groups is 1. The lowest BCUT2D eigenvalue weighted by Crippen LogP contribution is -2.08. The Balaban J connectivity index is 1.89. The van der Waals surface area contributed by atoms with Crippen molar-refractivity contribution in [1.82, 2.24) is 0 Å². The predicted octanol–water partition coefficient (Wildman–Crippen LogP) is 5.22. The molecule has 35 heavy (non-hydrogen) atoms. The Morgan fingerprint density at radius 1 is 0.829 bits per heavy atom. The summed E-state index contributed by atoms with van der Waals surface area (Å²) in [6.07, 6.45) is 0. The molecule has 0 fully saturated rings. The molecule has 1 heterocycles. The summed E-state index contributed by atoms with van der Waals surface area (Å²) in [6, 6.07) is 13.2. The summed E-state index contributed by atoms with van der Waals surface area (Å²) in [7, 11) is 3.03. The number of furan rings is 1. The van der Waals surface area contributed by atoms with Crippen molar-refractivity contribution in [3.8, 4) is 28.4 Å². The average Bonchev–Trinajstić information content (AvgIpc) is 3.06. The number of nitro benzene ring substituents is 1. The first-order valence-corrected chi connectivity index (χ1v) is 10.5. The molecule has 4 rings (SSSR count). The van der Waals surface area contributed by atoms with Crippen molar-refractivity contribution in [2.45, 2.75) is 13.8 Å². The maximum atomic E-state index is 13.2. The van der Waals surface area contributed by atoms with Crippen LogP contribution in [0.25, 0.3) is 21.9 Å². The molecule has 9 nitrogen and oxygen atoms in total. The Morgan fingerprint density at radius 3 is 2.09 bits per heavy atom. The molecule has 0 N–H and O–H groups in total. The van der Waals surface area contributed by atoms with Crippen LogP contribution in [-0.4, -0.2) is 25.1 Å². The van der Waals surface area contributed by atoms with Gasteiger partial charge in [-0.25, -0.2) is 4.79 Å². The first kappa shape index (κ1) is 23.5. The van der Waals surface area contributed by atoms with Gasteiger partial charge in [-0.3, -0.25) is 14.9 Å². The fourth-order valence-corrected chi connectivity index (χ4v) is 3.89. The van der Waals surface area contributed by atoms with Crippen LogP contribution in [0.3, 0.4) is 0 Å². The zero-order valence-electron chi connectivity index (χ0n) is 19.4. The van der Waals surface area contributed by atoms with Gasteiger partial charge in [0.15, 0.2) is 16.9 Å². The molecule has 1 aromatic heterocycles. The standard InChI is InChI=1S/C26H21NO8/c1-14-24-20(28)11-18(17-7-10-21(32-3)22(12-17)33-4)13-23(25(24)15(2)34-14)35-26(29)16-5-8-19(9-6-16)27(30)31/h5-13H,1-4H3. The van der Waals surface area contributed by atoms with Crippen LogP contribution >= 0.6 is 0 Å². The van der Waals surface area contributed by atoms with Gasteiger partial charge < -0.3 is 18.6 Å². The topological polar surface area (TPSA) is 118 Å². The average molecular weight is 475 g/mol. The van der Waals surface area contributed by atoms with Crippen molar-refractivity contribution in [1.29, 1.82) is 0 Å². The van der Waals surface area contributed by atoms with E-state index in [1.807, 2.05) is 0 Å². The molecule has 0 aliphatic carbocycles. The van der Waals surface area contributed by atoms with Crippen molar-refractivity contribution in [2.75, 3.05) is 14.2 Å². The largest absolute Gasteiger partial charge is 0.493 e. The predicted molar refractivity (Wildman–Crippen MR) is 129 cm³/mol. The van der Waals surface area contributed by atoms with Gasteiger partial charge in [-0.05, 0) is 61.4 Å². The van der Waals surface area contributed by atoms with Crippen LogP contribution in [0.15, 0.2) is 63.8 Å². The van der Waals surface area contributed by atoms with Gasteiger partial charge in [0.05, 0.1) is 35.5 Å². The highest BCUT2D eigenvalue weighted by Gasteiger charge is 2.20. The van der Waals surface area contributed by atoms with Crippen molar-refractivity contribution >= 4 is 22.4 Å². The summed E-state index contributed by atoms with van der Waals surface area (Å²) in [4.78, 5) is 36.5. The van der Waals surface area contributed by atoms with E-state index in [2.05, 4.69) is 0 Å². The molecule has 0 aliphatic rings. The van der Waals surface area contributed by atoms with E-state index < -0.39 is 10.9 Å². The fourth-order valence-electron chi connectivity index (χ4n) is 3.89. The molecule has 4 aromatic rings. The zero-order chi connectivity index (χ0) is 25.3. The van der Waals surface area contributed by atoms with Crippen molar-refractivity contribution in [3.05, 3.63) is 92.0 Å². The number of rotatable bonds is 6. The highest BCUT2D eigenvalue weighted by Crippen LogP contribution is 2.36. The lowest BCUT2D eigenvalue weighted by atomic mass is 10.1.